The summed E-state index contributed by atoms with van der Waals surface area (Å²) >= 11 is 0. The van der Waals surface area contributed by atoms with Gasteiger partial charge in [0.1, 0.15) is 5.75 Å². The molecule has 3 nitrogen and oxygen atoms in total. The zero-order chi connectivity index (χ0) is 13.9. The zero-order valence-electron chi connectivity index (χ0n) is 12.2. The molecule has 1 atom stereocenters. The molecule has 1 aromatic carbocycles. The molecule has 0 radical (unpaired) electrons. The third kappa shape index (κ3) is 6.60. The summed E-state index contributed by atoms with van der Waals surface area (Å²) in [4.78, 5) is 0. The van der Waals surface area contributed by atoms with Crippen molar-refractivity contribution in [1.82, 2.24) is 0 Å². The summed E-state index contributed by atoms with van der Waals surface area (Å²) in [6.45, 7) is 3.60. The van der Waals surface area contributed by atoms with Crippen molar-refractivity contribution >= 4 is 0 Å². The van der Waals surface area contributed by atoms with Gasteiger partial charge in [0.05, 0.1) is 19.8 Å². The zero-order valence-corrected chi connectivity index (χ0v) is 12.2. The molecule has 0 bridgehead atoms. The van der Waals surface area contributed by atoms with Crippen LogP contribution in [0.5, 0.6) is 5.75 Å². The lowest BCUT2D eigenvalue weighted by atomic mass is 10.1. The smallest absolute Gasteiger partial charge is 0.119 e. The number of hydrogen-bond donors (Lipinski definition) is 1. The van der Waals surface area contributed by atoms with Crippen molar-refractivity contribution in [2.45, 2.75) is 45.1 Å². The summed E-state index contributed by atoms with van der Waals surface area (Å²) in [7, 11) is 1.66. The molecule has 2 N–H and O–H groups in total. The molecule has 0 fully saturated rings. The number of benzene rings is 1. The van der Waals surface area contributed by atoms with Crippen LogP contribution in [0, 0.1) is 0 Å². The van der Waals surface area contributed by atoms with Gasteiger partial charge < -0.3 is 15.2 Å². The first-order valence-corrected chi connectivity index (χ1v) is 7.25. The minimum absolute atomic E-state index is 0.0780. The van der Waals surface area contributed by atoms with Gasteiger partial charge >= 0.3 is 0 Å². The lowest BCUT2D eigenvalue weighted by molar-refractivity contribution is 0.117. The van der Waals surface area contributed by atoms with E-state index in [4.69, 9.17) is 15.2 Å². The molecular formula is C16H27NO2. The van der Waals surface area contributed by atoms with Crippen molar-refractivity contribution < 1.29 is 9.47 Å². The van der Waals surface area contributed by atoms with E-state index in [0.717, 1.165) is 24.3 Å². The second kappa shape index (κ2) is 9.82. The molecule has 0 aliphatic heterocycles. The van der Waals surface area contributed by atoms with Crippen molar-refractivity contribution in [3.8, 4) is 5.75 Å². The van der Waals surface area contributed by atoms with Crippen LogP contribution in [-0.2, 0) is 4.74 Å². The Bertz CT molecular complexity index is 341. The van der Waals surface area contributed by atoms with E-state index >= 15 is 0 Å². The Morgan fingerprint density at radius 3 is 2.68 bits per heavy atom. The van der Waals surface area contributed by atoms with Crippen LogP contribution < -0.4 is 10.5 Å². The van der Waals surface area contributed by atoms with Gasteiger partial charge in [-0.1, -0.05) is 44.7 Å². The Labute approximate surface area is 117 Å². The van der Waals surface area contributed by atoms with Gasteiger partial charge in [-0.15, -0.1) is 0 Å². The third-order valence-electron chi connectivity index (χ3n) is 3.21. The molecule has 0 saturated heterocycles. The Balaban J connectivity index is 2.18. The number of methoxy groups -OCH3 is 1. The van der Waals surface area contributed by atoms with E-state index < -0.39 is 0 Å². The average molecular weight is 265 g/mol. The van der Waals surface area contributed by atoms with E-state index in [9.17, 15) is 0 Å². The monoisotopic (exact) mass is 265 g/mol. The predicted molar refractivity (Wildman–Crippen MR) is 79.5 cm³/mol. The van der Waals surface area contributed by atoms with Gasteiger partial charge in [0.25, 0.3) is 0 Å². The molecule has 0 aliphatic rings. The minimum Gasteiger partial charge on any atom is -0.497 e. The minimum atomic E-state index is -0.0780. The maximum absolute atomic E-state index is 6.10. The highest BCUT2D eigenvalue weighted by Gasteiger charge is 2.06. The van der Waals surface area contributed by atoms with Crippen LogP contribution in [0.1, 0.15) is 50.6 Å². The summed E-state index contributed by atoms with van der Waals surface area (Å²) in [5.74, 6) is 0.840. The fourth-order valence-corrected chi connectivity index (χ4v) is 1.99. The van der Waals surface area contributed by atoms with Crippen LogP contribution in [0.2, 0.25) is 0 Å². The van der Waals surface area contributed by atoms with Crippen molar-refractivity contribution in [3.05, 3.63) is 29.8 Å². The second-order valence-electron chi connectivity index (χ2n) is 4.87. The van der Waals surface area contributed by atoms with Crippen LogP contribution >= 0.6 is 0 Å². The fraction of sp³-hybridized carbons (Fsp3) is 0.625. The average Bonchev–Trinajstić information content (AvgIpc) is 2.46. The van der Waals surface area contributed by atoms with Gasteiger partial charge in [-0.05, 0) is 24.1 Å². The van der Waals surface area contributed by atoms with Crippen LogP contribution in [0.4, 0.5) is 0 Å². The first kappa shape index (κ1) is 16.0. The lowest BCUT2D eigenvalue weighted by Gasteiger charge is -2.13. The van der Waals surface area contributed by atoms with Gasteiger partial charge in [0.15, 0.2) is 0 Å². The quantitative estimate of drug-likeness (QED) is 0.656. The first-order valence-electron chi connectivity index (χ1n) is 7.25. The van der Waals surface area contributed by atoms with Crippen molar-refractivity contribution in [2.75, 3.05) is 20.3 Å². The number of unbranched alkanes of at least 4 members (excludes halogenated alkanes) is 4. The number of rotatable bonds is 10. The molecule has 3 heteroatoms. The molecule has 0 saturated carbocycles. The van der Waals surface area contributed by atoms with Crippen molar-refractivity contribution in [3.63, 3.8) is 0 Å². The summed E-state index contributed by atoms with van der Waals surface area (Å²) in [5.41, 5.74) is 7.16. The van der Waals surface area contributed by atoms with Crippen LogP contribution in [0.15, 0.2) is 24.3 Å². The standard InChI is InChI=1S/C16H27NO2/c1-3-4-5-6-7-11-19-13-16(17)14-9-8-10-15(12-14)18-2/h8-10,12,16H,3-7,11,13,17H2,1-2H3. The number of hydrogen-bond acceptors (Lipinski definition) is 3. The van der Waals surface area contributed by atoms with Gasteiger partial charge in [0.2, 0.25) is 0 Å². The molecule has 0 aromatic heterocycles. The molecule has 0 aliphatic carbocycles. The molecule has 19 heavy (non-hydrogen) atoms. The Kier molecular flexibility index (Phi) is 8.26. The molecular weight excluding hydrogens is 238 g/mol. The second-order valence-corrected chi connectivity index (χ2v) is 4.87. The predicted octanol–water partition coefficient (Wildman–Crippen LogP) is 3.68. The SMILES string of the molecule is CCCCCCCOCC(N)c1cccc(OC)c1. The lowest BCUT2D eigenvalue weighted by Crippen LogP contribution is -2.17. The van der Waals surface area contributed by atoms with Gasteiger partial charge in [-0.2, -0.15) is 0 Å². The van der Waals surface area contributed by atoms with Crippen LogP contribution in [0.25, 0.3) is 0 Å². The highest BCUT2D eigenvalue weighted by molar-refractivity contribution is 5.30. The summed E-state index contributed by atoms with van der Waals surface area (Å²) in [6, 6.07) is 7.78. The van der Waals surface area contributed by atoms with E-state index in [1.165, 1.54) is 25.7 Å². The summed E-state index contributed by atoms with van der Waals surface area (Å²) in [6.07, 6.45) is 6.29. The maximum atomic E-state index is 6.10. The van der Waals surface area contributed by atoms with E-state index in [-0.39, 0.29) is 6.04 Å². The Hall–Kier alpha value is -1.06. The molecule has 0 heterocycles. The van der Waals surface area contributed by atoms with Crippen LogP contribution in [-0.4, -0.2) is 20.3 Å². The van der Waals surface area contributed by atoms with E-state index in [2.05, 4.69) is 6.92 Å². The number of ether oxygens (including phenoxy) is 2. The molecule has 0 spiro atoms. The van der Waals surface area contributed by atoms with Gasteiger partial charge in [-0.3, -0.25) is 0 Å². The maximum Gasteiger partial charge on any atom is 0.119 e. The third-order valence-corrected chi connectivity index (χ3v) is 3.21. The number of nitrogens with two attached hydrogens (primary N) is 1. The van der Waals surface area contributed by atoms with E-state index in [1.807, 2.05) is 24.3 Å². The van der Waals surface area contributed by atoms with E-state index in [1.54, 1.807) is 7.11 Å². The molecule has 1 rings (SSSR count). The Morgan fingerprint density at radius 1 is 1.16 bits per heavy atom. The van der Waals surface area contributed by atoms with Crippen molar-refractivity contribution in [2.24, 2.45) is 5.73 Å². The Morgan fingerprint density at radius 2 is 1.95 bits per heavy atom. The van der Waals surface area contributed by atoms with E-state index in [0.29, 0.717) is 6.61 Å². The molecule has 1 unspecified atom stereocenters. The van der Waals surface area contributed by atoms with Crippen LogP contribution in [0.3, 0.4) is 0 Å². The van der Waals surface area contributed by atoms with Gasteiger partial charge in [0, 0.05) is 6.61 Å². The molecule has 1 aromatic rings. The topological polar surface area (TPSA) is 44.5 Å². The van der Waals surface area contributed by atoms with Gasteiger partial charge in [-0.25, -0.2) is 0 Å². The highest BCUT2D eigenvalue weighted by Crippen LogP contribution is 2.17. The molecule has 108 valence electrons. The summed E-state index contributed by atoms with van der Waals surface area (Å²) in [5, 5.41) is 0. The largest absolute Gasteiger partial charge is 0.497 e. The van der Waals surface area contributed by atoms with Crippen molar-refractivity contribution in [1.29, 1.82) is 0 Å². The molecule has 0 amide bonds. The fourth-order valence-electron chi connectivity index (χ4n) is 1.99. The normalized spacial score (nSPS) is 12.4. The summed E-state index contributed by atoms with van der Waals surface area (Å²) < 4.78 is 10.8. The first-order chi connectivity index (χ1) is 9.27. The highest BCUT2D eigenvalue weighted by atomic mass is 16.5.